The van der Waals surface area contributed by atoms with Crippen molar-refractivity contribution in [2.45, 2.75) is 13.0 Å². The standard InChI is InChI=1S/C20H17N5O2/c1-2-7-13(12-8-4-3-5-9-12)21-17-18(20(27)19(17)26)22-14-10-6-11-15-16(14)24-25-23-15/h2-11,13,21-22H,1H3,(H,23,24,25)/b7-2+/t13-/m1/s1. The Morgan fingerprint density at radius 2 is 1.74 bits per heavy atom. The molecule has 0 unspecified atom stereocenters. The highest BCUT2D eigenvalue weighted by atomic mass is 16.2. The molecule has 4 aromatic rings. The molecule has 3 N–H and O–H groups in total. The first-order valence-electron chi connectivity index (χ1n) is 8.53. The summed E-state index contributed by atoms with van der Waals surface area (Å²) in [4.78, 5) is 24.3. The summed E-state index contributed by atoms with van der Waals surface area (Å²) < 4.78 is 0. The molecule has 0 spiro atoms. The first-order valence-corrected chi connectivity index (χ1v) is 8.53. The lowest BCUT2D eigenvalue weighted by Crippen LogP contribution is -2.37. The van der Waals surface area contributed by atoms with Gasteiger partial charge in [-0.15, -0.1) is 0 Å². The molecule has 0 fully saturated rings. The van der Waals surface area contributed by atoms with Crippen molar-refractivity contribution in [2.24, 2.45) is 0 Å². The van der Waals surface area contributed by atoms with Gasteiger partial charge >= 0.3 is 0 Å². The Bertz CT molecular complexity index is 1190. The van der Waals surface area contributed by atoms with Crippen molar-refractivity contribution in [3.8, 4) is 0 Å². The van der Waals surface area contributed by atoms with Crippen molar-refractivity contribution in [1.82, 2.24) is 15.4 Å². The highest BCUT2D eigenvalue weighted by Crippen LogP contribution is 2.28. The number of para-hydroxylation sites is 1. The van der Waals surface area contributed by atoms with Gasteiger partial charge in [-0.2, -0.15) is 15.4 Å². The molecule has 0 amide bonds. The minimum Gasteiger partial charge on any atom is -0.370 e. The second-order valence-electron chi connectivity index (χ2n) is 6.09. The molecule has 0 bridgehead atoms. The topological polar surface area (TPSA) is 99.8 Å². The predicted octanol–water partition coefficient (Wildman–Crippen LogP) is 3.03. The molecule has 134 valence electrons. The summed E-state index contributed by atoms with van der Waals surface area (Å²) in [5.74, 6) is 0. The van der Waals surface area contributed by atoms with Crippen LogP contribution in [0.5, 0.6) is 0 Å². The van der Waals surface area contributed by atoms with Crippen LogP contribution in [0.25, 0.3) is 11.0 Å². The van der Waals surface area contributed by atoms with E-state index in [9.17, 15) is 9.59 Å². The zero-order valence-corrected chi connectivity index (χ0v) is 14.6. The molecular weight excluding hydrogens is 342 g/mol. The number of rotatable bonds is 6. The van der Waals surface area contributed by atoms with E-state index in [2.05, 4.69) is 26.0 Å². The number of benzene rings is 2. The van der Waals surface area contributed by atoms with E-state index >= 15 is 0 Å². The summed E-state index contributed by atoms with van der Waals surface area (Å²) >= 11 is 0. The Balaban J connectivity index is 1.67. The number of allylic oxidation sites excluding steroid dienone is 1. The van der Waals surface area contributed by atoms with Gasteiger partial charge < -0.3 is 10.6 Å². The average molecular weight is 359 g/mol. The summed E-state index contributed by atoms with van der Waals surface area (Å²) in [5, 5.41) is 16.9. The molecule has 0 saturated carbocycles. The minimum atomic E-state index is -0.551. The predicted molar refractivity (Wildman–Crippen MR) is 106 cm³/mol. The molecule has 27 heavy (non-hydrogen) atoms. The van der Waals surface area contributed by atoms with Gasteiger partial charge in [-0.05, 0) is 24.6 Å². The fourth-order valence-electron chi connectivity index (χ4n) is 3.00. The average Bonchev–Trinajstić information content (AvgIpc) is 3.19. The van der Waals surface area contributed by atoms with Crippen molar-refractivity contribution in [2.75, 3.05) is 10.6 Å². The van der Waals surface area contributed by atoms with E-state index < -0.39 is 10.9 Å². The maximum atomic E-state index is 12.2. The highest BCUT2D eigenvalue weighted by Gasteiger charge is 2.24. The van der Waals surface area contributed by atoms with E-state index in [0.717, 1.165) is 5.56 Å². The molecule has 0 aliphatic carbocycles. The third kappa shape index (κ3) is 2.99. The Morgan fingerprint density at radius 1 is 0.963 bits per heavy atom. The van der Waals surface area contributed by atoms with E-state index in [0.29, 0.717) is 16.7 Å². The van der Waals surface area contributed by atoms with Crippen molar-refractivity contribution in [1.29, 1.82) is 0 Å². The van der Waals surface area contributed by atoms with Gasteiger partial charge in [0.1, 0.15) is 22.4 Å². The van der Waals surface area contributed by atoms with Crippen LogP contribution in [-0.2, 0) is 0 Å². The van der Waals surface area contributed by atoms with Crippen molar-refractivity contribution >= 4 is 28.1 Å². The first-order chi connectivity index (χ1) is 13.2. The fraction of sp³-hybridized carbons (Fsp3) is 0.100. The van der Waals surface area contributed by atoms with Crippen LogP contribution in [-0.4, -0.2) is 15.4 Å². The number of aromatic nitrogens is 3. The number of fused-ring (bicyclic) bond motifs is 1. The van der Waals surface area contributed by atoms with Crippen molar-refractivity contribution < 1.29 is 0 Å². The normalized spacial score (nSPS) is 12.6. The first kappa shape index (κ1) is 16.7. The molecule has 1 aromatic heterocycles. The molecule has 0 radical (unpaired) electrons. The van der Waals surface area contributed by atoms with Gasteiger partial charge in [0, 0.05) is 0 Å². The molecular formula is C20H17N5O2. The van der Waals surface area contributed by atoms with Gasteiger partial charge in [-0.1, -0.05) is 48.6 Å². The lowest BCUT2D eigenvalue weighted by Gasteiger charge is -2.20. The van der Waals surface area contributed by atoms with Crippen LogP contribution in [0.4, 0.5) is 17.1 Å². The van der Waals surface area contributed by atoms with Crippen molar-refractivity contribution in [3.05, 3.63) is 86.7 Å². The Hall–Kier alpha value is -3.74. The lowest BCUT2D eigenvalue weighted by atomic mass is 10.0. The molecule has 3 aromatic carbocycles. The van der Waals surface area contributed by atoms with Crippen LogP contribution >= 0.6 is 0 Å². The monoisotopic (exact) mass is 359 g/mol. The van der Waals surface area contributed by atoms with Gasteiger partial charge in [-0.3, -0.25) is 9.59 Å². The van der Waals surface area contributed by atoms with Gasteiger partial charge in [-0.25, -0.2) is 0 Å². The van der Waals surface area contributed by atoms with Crippen LogP contribution < -0.4 is 21.5 Å². The molecule has 0 saturated heterocycles. The van der Waals surface area contributed by atoms with Crippen LogP contribution in [0.3, 0.4) is 0 Å². The number of aromatic amines is 1. The van der Waals surface area contributed by atoms with Gasteiger partial charge in [0.05, 0.1) is 11.7 Å². The van der Waals surface area contributed by atoms with Gasteiger partial charge in [0.15, 0.2) is 0 Å². The highest BCUT2D eigenvalue weighted by molar-refractivity contribution is 5.92. The van der Waals surface area contributed by atoms with Gasteiger partial charge in [0.25, 0.3) is 10.9 Å². The number of hydrogen-bond acceptors (Lipinski definition) is 6. The Morgan fingerprint density at radius 3 is 2.52 bits per heavy atom. The Kier molecular flexibility index (Phi) is 4.25. The zero-order chi connectivity index (χ0) is 18.8. The SMILES string of the molecule is C/C=C/[C@@H](Nc1c(Nc2cccc3n[nH]nc23)c(=O)c1=O)c1ccccc1. The molecule has 7 nitrogen and oxygen atoms in total. The summed E-state index contributed by atoms with van der Waals surface area (Å²) in [6, 6.07) is 14.9. The zero-order valence-electron chi connectivity index (χ0n) is 14.6. The summed E-state index contributed by atoms with van der Waals surface area (Å²) in [6.07, 6.45) is 3.84. The Labute approximate surface area is 154 Å². The molecule has 0 aliphatic heterocycles. The third-order valence-corrected chi connectivity index (χ3v) is 4.36. The van der Waals surface area contributed by atoms with E-state index in [1.165, 1.54) is 0 Å². The van der Waals surface area contributed by atoms with Crippen LogP contribution in [0.2, 0.25) is 0 Å². The largest absolute Gasteiger partial charge is 0.370 e. The minimum absolute atomic E-state index is 0.220. The van der Waals surface area contributed by atoms with E-state index in [4.69, 9.17) is 0 Å². The smallest absolute Gasteiger partial charge is 0.253 e. The van der Waals surface area contributed by atoms with Crippen LogP contribution in [0, 0.1) is 0 Å². The molecule has 1 heterocycles. The number of anilines is 3. The summed E-state index contributed by atoms with van der Waals surface area (Å²) in [7, 11) is 0. The summed E-state index contributed by atoms with van der Waals surface area (Å²) in [6.45, 7) is 1.91. The quantitative estimate of drug-likeness (QED) is 0.361. The van der Waals surface area contributed by atoms with Crippen LogP contribution in [0.15, 0.2) is 70.3 Å². The molecule has 7 heteroatoms. The lowest BCUT2D eigenvalue weighted by molar-refractivity contribution is 0.959. The number of nitrogens with one attached hydrogen (secondary N) is 3. The molecule has 1 atom stereocenters. The van der Waals surface area contributed by atoms with Crippen LogP contribution in [0.1, 0.15) is 18.5 Å². The maximum absolute atomic E-state index is 12.2. The molecule has 4 rings (SSSR count). The van der Waals surface area contributed by atoms with Crippen molar-refractivity contribution in [3.63, 3.8) is 0 Å². The van der Waals surface area contributed by atoms with E-state index in [-0.39, 0.29) is 17.4 Å². The third-order valence-electron chi connectivity index (χ3n) is 4.36. The van der Waals surface area contributed by atoms with Gasteiger partial charge in [0.2, 0.25) is 0 Å². The number of hydrogen-bond donors (Lipinski definition) is 3. The number of nitrogens with zero attached hydrogens (tertiary/aromatic N) is 2. The fourth-order valence-corrected chi connectivity index (χ4v) is 3.00. The number of H-pyrrole nitrogens is 1. The second-order valence-corrected chi connectivity index (χ2v) is 6.09. The van der Waals surface area contributed by atoms with E-state index in [1.54, 1.807) is 12.1 Å². The van der Waals surface area contributed by atoms with E-state index in [1.807, 2.05) is 55.5 Å². The summed E-state index contributed by atoms with van der Waals surface area (Å²) in [5.41, 5.74) is 2.30. The second kappa shape index (κ2) is 6.87. The molecule has 0 aliphatic rings. The maximum Gasteiger partial charge on any atom is 0.253 e.